The van der Waals surface area contributed by atoms with E-state index in [1.165, 1.54) is 14.8 Å². The first-order valence-electron chi connectivity index (χ1n) is 17.0. The van der Waals surface area contributed by atoms with Crippen LogP contribution in [0.2, 0.25) is 0 Å². The number of hydrogen-bond acceptors (Lipinski definition) is 6. The maximum Gasteiger partial charge on any atom is 0.164 e. The lowest BCUT2D eigenvalue weighted by atomic mass is 9.99. The van der Waals surface area contributed by atoms with Gasteiger partial charge in [0.15, 0.2) is 17.5 Å². The summed E-state index contributed by atoms with van der Waals surface area (Å²) in [5, 5.41) is 14.0. The molecule has 0 bridgehead atoms. The van der Waals surface area contributed by atoms with Crippen LogP contribution in [0.4, 0.5) is 0 Å². The maximum atomic E-state index is 9.53. The van der Waals surface area contributed by atoms with Crippen LogP contribution in [0.25, 0.3) is 98.5 Å². The smallest absolute Gasteiger partial charge is 0.164 e. The van der Waals surface area contributed by atoms with Crippen LogP contribution in [0.5, 0.6) is 0 Å². The van der Waals surface area contributed by atoms with Crippen molar-refractivity contribution in [3.8, 4) is 62.5 Å². The van der Waals surface area contributed by atoms with Crippen molar-refractivity contribution in [2.75, 3.05) is 0 Å². The van der Waals surface area contributed by atoms with E-state index in [9.17, 15) is 5.26 Å². The number of aromatic nitrogens is 3. The van der Waals surface area contributed by atoms with Gasteiger partial charge in [0, 0.05) is 47.6 Å². The van der Waals surface area contributed by atoms with E-state index >= 15 is 0 Å². The zero-order valence-corrected chi connectivity index (χ0v) is 28.4. The minimum absolute atomic E-state index is 0.555. The highest BCUT2D eigenvalue weighted by molar-refractivity contribution is 7.25. The van der Waals surface area contributed by atoms with Crippen molar-refractivity contribution in [1.29, 1.82) is 5.26 Å². The molecule has 242 valence electrons. The number of fused-ring (bicyclic) bond motifs is 6. The van der Waals surface area contributed by atoms with E-state index < -0.39 is 0 Å². The Kier molecular flexibility index (Phi) is 6.98. The fourth-order valence-corrected chi connectivity index (χ4v) is 8.28. The van der Waals surface area contributed by atoms with Crippen LogP contribution in [0.1, 0.15) is 5.56 Å². The highest BCUT2D eigenvalue weighted by Crippen LogP contribution is 2.41. The first-order valence-corrected chi connectivity index (χ1v) is 17.8. The number of nitrogens with zero attached hydrogens (tertiary/aromatic N) is 4. The van der Waals surface area contributed by atoms with Gasteiger partial charge in [-0.1, -0.05) is 109 Å². The second kappa shape index (κ2) is 12.1. The monoisotopic (exact) mass is 682 g/mol. The molecule has 0 saturated carbocycles. The predicted octanol–water partition coefficient (Wildman–Crippen LogP) is 12.3. The standard InChI is InChI=1S/C46H26N4OS/c47-27-28-10-6-13-30(24-28)31-14-7-15-32(25-31)44-48-45(50-46(49-44)37-18-9-21-41-43(37)36-16-4-5-20-40(36)52-41)33-22-23-35-39(26-33)51-38-19-8-17-34(42(35)38)29-11-2-1-3-12-29/h1-26H. The molecule has 0 radical (unpaired) electrons. The van der Waals surface area contributed by atoms with Gasteiger partial charge in [0.05, 0.1) is 11.6 Å². The van der Waals surface area contributed by atoms with E-state index in [-0.39, 0.29) is 0 Å². The molecule has 0 aliphatic heterocycles. The summed E-state index contributed by atoms with van der Waals surface area (Å²) in [6.45, 7) is 0. The number of rotatable bonds is 5. The summed E-state index contributed by atoms with van der Waals surface area (Å²) < 4.78 is 8.89. The second-order valence-electron chi connectivity index (χ2n) is 12.7. The Morgan fingerprint density at radius 2 is 1.10 bits per heavy atom. The minimum Gasteiger partial charge on any atom is -0.456 e. The van der Waals surface area contributed by atoms with Crippen molar-refractivity contribution in [3.63, 3.8) is 0 Å². The average molecular weight is 683 g/mol. The molecule has 0 unspecified atom stereocenters. The Hall–Kier alpha value is -6.94. The van der Waals surface area contributed by atoms with Crippen LogP contribution in [0.3, 0.4) is 0 Å². The first kappa shape index (κ1) is 29.9. The van der Waals surface area contributed by atoms with E-state index in [0.717, 1.165) is 66.3 Å². The Morgan fingerprint density at radius 3 is 1.96 bits per heavy atom. The third kappa shape index (κ3) is 5.03. The van der Waals surface area contributed by atoms with Gasteiger partial charge in [-0.2, -0.15) is 5.26 Å². The second-order valence-corrected chi connectivity index (χ2v) is 13.8. The molecule has 0 aliphatic rings. The van der Waals surface area contributed by atoms with Crippen LogP contribution >= 0.6 is 11.3 Å². The molecule has 5 nitrogen and oxygen atoms in total. The third-order valence-electron chi connectivity index (χ3n) is 9.56. The van der Waals surface area contributed by atoms with Gasteiger partial charge in [-0.05, 0) is 70.8 Å². The van der Waals surface area contributed by atoms with Gasteiger partial charge in [-0.15, -0.1) is 11.3 Å². The van der Waals surface area contributed by atoms with Gasteiger partial charge in [-0.3, -0.25) is 0 Å². The molecule has 10 rings (SSSR count). The summed E-state index contributed by atoms with van der Waals surface area (Å²) in [5.74, 6) is 1.71. The van der Waals surface area contributed by atoms with Gasteiger partial charge >= 0.3 is 0 Å². The fraction of sp³-hybridized carbons (Fsp3) is 0. The number of nitriles is 1. The molecule has 3 aromatic heterocycles. The van der Waals surface area contributed by atoms with Crippen LogP contribution < -0.4 is 0 Å². The molecule has 10 aromatic rings. The van der Waals surface area contributed by atoms with Gasteiger partial charge in [0.2, 0.25) is 0 Å². The lowest BCUT2D eigenvalue weighted by molar-refractivity contribution is 0.669. The van der Waals surface area contributed by atoms with Gasteiger partial charge < -0.3 is 4.42 Å². The Balaban J connectivity index is 1.18. The molecule has 0 amide bonds. The molecular formula is C46H26N4OS. The van der Waals surface area contributed by atoms with Crippen molar-refractivity contribution in [1.82, 2.24) is 15.0 Å². The zero-order chi connectivity index (χ0) is 34.6. The molecule has 0 spiro atoms. The number of thiophene rings is 1. The highest BCUT2D eigenvalue weighted by atomic mass is 32.1. The molecule has 0 fully saturated rings. The summed E-state index contributed by atoms with van der Waals surface area (Å²) in [4.78, 5) is 15.4. The van der Waals surface area contributed by atoms with Gasteiger partial charge in [0.1, 0.15) is 11.2 Å². The van der Waals surface area contributed by atoms with Crippen molar-refractivity contribution >= 4 is 53.4 Å². The van der Waals surface area contributed by atoms with Crippen molar-refractivity contribution in [2.24, 2.45) is 0 Å². The quantitative estimate of drug-likeness (QED) is 0.181. The third-order valence-corrected chi connectivity index (χ3v) is 10.7. The normalized spacial score (nSPS) is 11.4. The van der Waals surface area contributed by atoms with E-state index in [0.29, 0.717) is 23.0 Å². The molecule has 0 saturated heterocycles. The Bertz CT molecular complexity index is 3050. The SMILES string of the molecule is N#Cc1cccc(-c2cccc(-c3nc(-c4ccc5c(c4)oc4cccc(-c6ccccc6)c45)nc(-c4cccc5sc6ccccc6c45)n3)c2)c1. The highest BCUT2D eigenvalue weighted by Gasteiger charge is 2.19. The van der Waals surface area contributed by atoms with E-state index in [1.54, 1.807) is 11.3 Å². The van der Waals surface area contributed by atoms with E-state index in [2.05, 4.69) is 97.1 Å². The summed E-state index contributed by atoms with van der Waals surface area (Å²) in [7, 11) is 0. The van der Waals surface area contributed by atoms with Crippen molar-refractivity contribution < 1.29 is 4.42 Å². The fourth-order valence-electron chi connectivity index (χ4n) is 7.14. The van der Waals surface area contributed by atoms with Gasteiger partial charge in [-0.25, -0.2) is 15.0 Å². The van der Waals surface area contributed by atoms with Crippen molar-refractivity contribution in [2.45, 2.75) is 0 Å². The number of benzene rings is 7. The summed E-state index contributed by atoms with van der Waals surface area (Å²) >= 11 is 1.77. The number of hydrogen-bond donors (Lipinski definition) is 0. The maximum absolute atomic E-state index is 9.53. The average Bonchev–Trinajstić information content (AvgIpc) is 3.79. The molecule has 3 heterocycles. The molecule has 0 N–H and O–H groups in total. The number of furan rings is 1. The largest absolute Gasteiger partial charge is 0.456 e. The first-order chi connectivity index (χ1) is 25.7. The topological polar surface area (TPSA) is 75.6 Å². The molecule has 6 heteroatoms. The van der Waals surface area contributed by atoms with Gasteiger partial charge in [0.25, 0.3) is 0 Å². The molecule has 52 heavy (non-hydrogen) atoms. The molecule has 0 aliphatic carbocycles. The van der Waals surface area contributed by atoms with Crippen LogP contribution in [0.15, 0.2) is 162 Å². The lowest BCUT2D eigenvalue weighted by Crippen LogP contribution is -2.00. The summed E-state index contributed by atoms with van der Waals surface area (Å²) in [5.41, 5.74) is 9.05. The van der Waals surface area contributed by atoms with E-state index in [1.807, 2.05) is 66.7 Å². The summed E-state index contributed by atoms with van der Waals surface area (Å²) in [6, 6.07) is 55.7. The molecular weight excluding hydrogens is 657 g/mol. The van der Waals surface area contributed by atoms with Crippen LogP contribution in [-0.2, 0) is 0 Å². The summed E-state index contributed by atoms with van der Waals surface area (Å²) in [6.07, 6.45) is 0. The Labute approximate surface area is 302 Å². The zero-order valence-electron chi connectivity index (χ0n) is 27.6. The Morgan fingerprint density at radius 1 is 0.442 bits per heavy atom. The van der Waals surface area contributed by atoms with Crippen molar-refractivity contribution in [3.05, 3.63) is 163 Å². The van der Waals surface area contributed by atoms with E-state index in [4.69, 9.17) is 19.4 Å². The van der Waals surface area contributed by atoms with Crippen LogP contribution in [0, 0.1) is 11.3 Å². The minimum atomic E-state index is 0.555. The predicted molar refractivity (Wildman–Crippen MR) is 212 cm³/mol. The molecule has 7 aromatic carbocycles. The molecule has 0 atom stereocenters. The van der Waals surface area contributed by atoms with Crippen LogP contribution in [-0.4, -0.2) is 15.0 Å². The lowest BCUT2D eigenvalue weighted by Gasteiger charge is -2.11.